The first-order valence-electron chi connectivity index (χ1n) is 6.64. The summed E-state index contributed by atoms with van der Waals surface area (Å²) in [6.45, 7) is 0. The highest BCUT2D eigenvalue weighted by Gasteiger charge is 2.17. The van der Waals surface area contributed by atoms with Crippen LogP contribution in [0.5, 0.6) is 0 Å². The summed E-state index contributed by atoms with van der Waals surface area (Å²) in [5.41, 5.74) is 6.62. The van der Waals surface area contributed by atoms with E-state index < -0.39 is 0 Å². The lowest BCUT2D eigenvalue weighted by Crippen LogP contribution is -2.20. The Hall–Kier alpha value is -0.680. The van der Waals surface area contributed by atoms with Gasteiger partial charge >= 0.3 is 0 Å². The third-order valence-electron chi connectivity index (χ3n) is 3.56. The van der Waals surface area contributed by atoms with Crippen molar-refractivity contribution >= 4 is 38.8 Å². The highest BCUT2D eigenvalue weighted by Crippen LogP contribution is 2.29. The molecule has 19 heavy (non-hydrogen) atoms. The number of rotatable bonds is 3. The van der Waals surface area contributed by atoms with Gasteiger partial charge < -0.3 is 11.1 Å². The smallest absolute Gasteiger partial charge is 0.161 e. The van der Waals surface area contributed by atoms with E-state index in [0.717, 1.165) is 12.8 Å². The van der Waals surface area contributed by atoms with Crippen LogP contribution in [-0.2, 0) is 0 Å². The number of hydrogen-bond acceptors (Lipinski definition) is 2. The van der Waals surface area contributed by atoms with E-state index in [2.05, 4.69) is 21.2 Å². The largest absolute Gasteiger partial charge is 0.389 e. The number of anilines is 1. The fourth-order valence-electron chi connectivity index (χ4n) is 2.49. The molecule has 0 aliphatic heterocycles. The summed E-state index contributed by atoms with van der Waals surface area (Å²) in [4.78, 5) is 0.201. The van der Waals surface area contributed by atoms with Crippen molar-refractivity contribution in [2.45, 2.75) is 44.6 Å². The van der Waals surface area contributed by atoms with Gasteiger partial charge in [0.05, 0.1) is 10.2 Å². The van der Waals surface area contributed by atoms with Crippen LogP contribution in [0.2, 0.25) is 0 Å². The van der Waals surface area contributed by atoms with Gasteiger partial charge in [0.25, 0.3) is 0 Å². The maximum Gasteiger partial charge on any atom is 0.161 e. The first kappa shape index (κ1) is 14.7. The average Bonchev–Trinajstić information content (AvgIpc) is 2.63. The van der Waals surface area contributed by atoms with Crippen LogP contribution in [0.4, 0.5) is 10.1 Å². The number of nitrogens with two attached hydrogens (primary N) is 1. The molecular formula is C14H18BrFN2S. The van der Waals surface area contributed by atoms with Crippen LogP contribution in [0, 0.1) is 5.82 Å². The molecule has 0 bridgehead atoms. The number of benzene rings is 1. The van der Waals surface area contributed by atoms with Crippen molar-refractivity contribution in [3.05, 3.63) is 28.0 Å². The third kappa shape index (κ3) is 3.66. The van der Waals surface area contributed by atoms with E-state index in [-0.39, 0.29) is 10.8 Å². The third-order valence-corrected chi connectivity index (χ3v) is 4.56. The number of hydrogen-bond donors (Lipinski definition) is 2. The second-order valence-electron chi connectivity index (χ2n) is 4.99. The van der Waals surface area contributed by atoms with Crippen molar-refractivity contribution in [3.8, 4) is 0 Å². The molecule has 1 aliphatic carbocycles. The minimum atomic E-state index is -0.311. The van der Waals surface area contributed by atoms with Gasteiger partial charge in [0.15, 0.2) is 5.82 Å². The molecule has 104 valence electrons. The maximum atomic E-state index is 14.3. The van der Waals surface area contributed by atoms with Crippen LogP contribution in [0.1, 0.15) is 44.1 Å². The molecule has 0 saturated heterocycles. The fourth-order valence-corrected chi connectivity index (χ4v) is 3.36. The molecule has 5 heteroatoms. The minimum Gasteiger partial charge on any atom is -0.389 e. The monoisotopic (exact) mass is 344 g/mol. The Morgan fingerprint density at radius 2 is 1.89 bits per heavy atom. The number of halogens is 2. The Morgan fingerprint density at radius 1 is 1.26 bits per heavy atom. The van der Waals surface area contributed by atoms with Gasteiger partial charge in [-0.25, -0.2) is 4.39 Å². The minimum absolute atomic E-state index is 0.201. The standard InChI is InChI=1S/C14H18BrFN2S/c15-12-10(14(17)19)7-8-11(13(12)16)18-9-5-3-1-2-4-6-9/h7-9,18H,1-6H2,(H2,17,19). The Morgan fingerprint density at radius 3 is 2.47 bits per heavy atom. The van der Waals surface area contributed by atoms with Crippen molar-refractivity contribution in [2.75, 3.05) is 5.32 Å². The second kappa shape index (κ2) is 6.66. The zero-order valence-corrected chi connectivity index (χ0v) is 13.1. The highest BCUT2D eigenvalue weighted by molar-refractivity contribution is 9.10. The molecule has 1 fully saturated rings. The summed E-state index contributed by atoms with van der Waals surface area (Å²) < 4.78 is 14.6. The zero-order chi connectivity index (χ0) is 13.8. The molecule has 1 aromatic carbocycles. The summed E-state index contributed by atoms with van der Waals surface area (Å²) in [7, 11) is 0. The van der Waals surface area contributed by atoms with Gasteiger partial charge in [-0.15, -0.1) is 0 Å². The van der Waals surface area contributed by atoms with Gasteiger partial charge in [-0.3, -0.25) is 0 Å². The van der Waals surface area contributed by atoms with Gasteiger partial charge in [0, 0.05) is 11.6 Å². The van der Waals surface area contributed by atoms with Crippen LogP contribution >= 0.6 is 28.1 Å². The van der Waals surface area contributed by atoms with Crippen molar-refractivity contribution in [2.24, 2.45) is 5.73 Å². The maximum absolute atomic E-state index is 14.3. The molecule has 0 spiro atoms. The SMILES string of the molecule is NC(=S)c1ccc(NC2CCCCCC2)c(F)c1Br. The van der Waals surface area contributed by atoms with Gasteiger partial charge in [-0.05, 0) is 40.9 Å². The Labute approximate surface area is 127 Å². The quantitative estimate of drug-likeness (QED) is 0.632. The van der Waals surface area contributed by atoms with Crippen LogP contribution in [0.25, 0.3) is 0 Å². The lowest BCUT2D eigenvalue weighted by Gasteiger charge is -2.19. The highest BCUT2D eigenvalue weighted by atomic mass is 79.9. The van der Waals surface area contributed by atoms with Crippen LogP contribution in [-0.4, -0.2) is 11.0 Å². The molecule has 0 atom stereocenters. The summed E-state index contributed by atoms with van der Waals surface area (Å²) in [6.07, 6.45) is 7.20. The van der Waals surface area contributed by atoms with Gasteiger partial charge in [0.1, 0.15) is 4.99 Å². The fraction of sp³-hybridized carbons (Fsp3) is 0.500. The van der Waals surface area contributed by atoms with E-state index in [1.54, 1.807) is 12.1 Å². The second-order valence-corrected chi connectivity index (χ2v) is 6.22. The lowest BCUT2D eigenvalue weighted by molar-refractivity contribution is 0.594. The Balaban J connectivity index is 2.16. The van der Waals surface area contributed by atoms with E-state index in [1.165, 1.54) is 25.7 Å². The molecule has 0 unspecified atom stereocenters. The molecule has 1 aliphatic rings. The molecular weight excluding hydrogens is 327 g/mol. The van der Waals surface area contributed by atoms with Crippen LogP contribution in [0.15, 0.2) is 16.6 Å². The molecule has 0 heterocycles. The zero-order valence-electron chi connectivity index (χ0n) is 10.7. The molecule has 0 aromatic heterocycles. The molecule has 3 N–H and O–H groups in total. The van der Waals surface area contributed by atoms with E-state index in [1.807, 2.05) is 0 Å². The van der Waals surface area contributed by atoms with Crippen molar-refractivity contribution in [3.63, 3.8) is 0 Å². The first-order chi connectivity index (χ1) is 9.09. The topological polar surface area (TPSA) is 38.0 Å². The van der Waals surface area contributed by atoms with Crippen LogP contribution in [0.3, 0.4) is 0 Å². The molecule has 1 saturated carbocycles. The summed E-state index contributed by atoms with van der Waals surface area (Å²) in [5.74, 6) is -0.311. The van der Waals surface area contributed by atoms with Crippen LogP contribution < -0.4 is 11.1 Å². The predicted octanol–water partition coefficient (Wildman–Crippen LogP) is 4.36. The van der Waals surface area contributed by atoms with Gasteiger partial charge in [-0.2, -0.15) is 0 Å². The van der Waals surface area contributed by atoms with Crippen molar-refractivity contribution in [1.82, 2.24) is 0 Å². The molecule has 1 aromatic rings. The number of nitrogens with one attached hydrogen (secondary N) is 1. The van der Waals surface area contributed by atoms with Crippen molar-refractivity contribution < 1.29 is 4.39 Å². The summed E-state index contributed by atoms with van der Waals surface area (Å²) in [6, 6.07) is 3.84. The average molecular weight is 345 g/mol. The molecule has 2 nitrogen and oxygen atoms in total. The van der Waals surface area contributed by atoms with Gasteiger partial charge in [0.2, 0.25) is 0 Å². The molecule has 0 amide bonds. The lowest BCUT2D eigenvalue weighted by atomic mass is 10.1. The number of thiocarbonyl (C=S) groups is 1. The molecule has 2 rings (SSSR count). The summed E-state index contributed by atoms with van der Waals surface area (Å²) >= 11 is 8.12. The molecule has 0 radical (unpaired) electrons. The normalized spacial score (nSPS) is 16.9. The Bertz CT molecular complexity index is 471. The predicted molar refractivity (Wildman–Crippen MR) is 85.1 cm³/mol. The van der Waals surface area contributed by atoms with Crippen molar-refractivity contribution in [1.29, 1.82) is 0 Å². The Kier molecular flexibility index (Phi) is 5.16. The van der Waals surface area contributed by atoms with Gasteiger partial charge in [-0.1, -0.05) is 37.9 Å². The van der Waals surface area contributed by atoms with E-state index in [9.17, 15) is 4.39 Å². The van der Waals surface area contributed by atoms with E-state index in [0.29, 0.717) is 21.8 Å². The van der Waals surface area contributed by atoms with E-state index >= 15 is 0 Å². The first-order valence-corrected chi connectivity index (χ1v) is 7.84. The summed E-state index contributed by atoms with van der Waals surface area (Å²) in [5, 5.41) is 3.31. The van der Waals surface area contributed by atoms with E-state index in [4.69, 9.17) is 18.0 Å².